The molecule has 1 heterocycles. The molecule has 1 saturated heterocycles. The quantitative estimate of drug-likeness (QED) is 0.758. The van der Waals surface area contributed by atoms with Crippen molar-refractivity contribution in [1.82, 2.24) is 10.9 Å². The van der Waals surface area contributed by atoms with E-state index in [1.54, 1.807) is 38.1 Å². The van der Waals surface area contributed by atoms with Crippen molar-refractivity contribution in [2.24, 2.45) is 5.41 Å². The third-order valence-electron chi connectivity index (χ3n) is 2.76. The summed E-state index contributed by atoms with van der Waals surface area (Å²) < 4.78 is 13.4. The van der Waals surface area contributed by atoms with Gasteiger partial charge in [-0.3, -0.25) is 10.2 Å². The van der Waals surface area contributed by atoms with E-state index in [2.05, 4.69) is 10.9 Å². The van der Waals surface area contributed by atoms with Crippen molar-refractivity contribution in [3.05, 3.63) is 41.3 Å². The zero-order chi connectivity index (χ0) is 11.8. The van der Waals surface area contributed by atoms with E-state index < -0.39 is 5.41 Å². The van der Waals surface area contributed by atoms with Gasteiger partial charge < -0.3 is 5.43 Å². The molecule has 3 nitrogen and oxygen atoms in total. The molecule has 1 aromatic carbocycles. The third-order valence-corrected chi connectivity index (χ3v) is 2.76. The Hall–Kier alpha value is -1.84. The molecule has 0 bridgehead atoms. The van der Waals surface area contributed by atoms with Crippen molar-refractivity contribution >= 4 is 12.0 Å². The van der Waals surface area contributed by atoms with E-state index in [1.165, 1.54) is 6.07 Å². The van der Waals surface area contributed by atoms with Crippen molar-refractivity contribution in [2.45, 2.75) is 13.8 Å². The van der Waals surface area contributed by atoms with Crippen LogP contribution in [0.4, 0.5) is 4.39 Å². The van der Waals surface area contributed by atoms with Gasteiger partial charge in [0.1, 0.15) is 5.82 Å². The predicted molar refractivity (Wildman–Crippen MR) is 59.4 cm³/mol. The Balaban J connectivity index is 2.40. The largest absolute Gasteiger partial charge is 0.302 e. The molecule has 1 aliphatic heterocycles. The standard InChI is InChI=1S/C12H13FN2O/c1-12(2)10(14-15-11(12)16)7-8-5-3-4-6-9(8)13/h3-7,14H,1-2H3,(H,15,16)/b10-7-. The molecule has 4 heteroatoms. The Morgan fingerprint density at radius 2 is 1.94 bits per heavy atom. The van der Waals surface area contributed by atoms with E-state index in [0.717, 1.165) is 0 Å². The number of nitrogens with one attached hydrogen (secondary N) is 2. The first-order chi connectivity index (χ1) is 7.51. The number of carbonyl (C=O) groups excluding carboxylic acids is 1. The van der Waals surface area contributed by atoms with E-state index in [0.29, 0.717) is 11.3 Å². The van der Waals surface area contributed by atoms with Gasteiger partial charge in [0.25, 0.3) is 0 Å². The molecule has 0 atom stereocenters. The maximum absolute atomic E-state index is 13.4. The molecule has 2 rings (SSSR count). The summed E-state index contributed by atoms with van der Waals surface area (Å²) in [4.78, 5) is 11.5. The maximum atomic E-state index is 13.4. The number of benzene rings is 1. The highest BCUT2D eigenvalue weighted by Gasteiger charge is 2.37. The Morgan fingerprint density at radius 1 is 1.25 bits per heavy atom. The number of amides is 1. The van der Waals surface area contributed by atoms with Crippen LogP contribution < -0.4 is 10.9 Å². The molecule has 0 radical (unpaired) electrons. The van der Waals surface area contributed by atoms with Gasteiger partial charge in [0.2, 0.25) is 5.91 Å². The Bertz CT molecular complexity index is 466. The average Bonchev–Trinajstić information content (AvgIpc) is 2.48. The predicted octanol–water partition coefficient (Wildman–Crippen LogP) is 1.83. The van der Waals surface area contributed by atoms with Gasteiger partial charge in [0.15, 0.2) is 0 Å². The molecule has 1 aliphatic rings. The average molecular weight is 220 g/mol. The Morgan fingerprint density at radius 3 is 2.50 bits per heavy atom. The van der Waals surface area contributed by atoms with Crippen LogP contribution in [-0.2, 0) is 4.79 Å². The summed E-state index contributed by atoms with van der Waals surface area (Å²) in [5.41, 5.74) is 5.77. The van der Waals surface area contributed by atoms with Crippen molar-refractivity contribution in [3.8, 4) is 0 Å². The van der Waals surface area contributed by atoms with Crippen LogP contribution in [0.15, 0.2) is 30.0 Å². The second-order valence-corrected chi connectivity index (χ2v) is 4.28. The molecule has 2 N–H and O–H groups in total. The summed E-state index contributed by atoms with van der Waals surface area (Å²) in [5.74, 6) is -0.415. The van der Waals surface area contributed by atoms with Gasteiger partial charge in [-0.25, -0.2) is 4.39 Å². The number of carbonyl (C=O) groups is 1. The fourth-order valence-electron chi connectivity index (χ4n) is 1.52. The minimum Gasteiger partial charge on any atom is -0.302 e. The van der Waals surface area contributed by atoms with Gasteiger partial charge in [-0.1, -0.05) is 18.2 Å². The Labute approximate surface area is 93.3 Å². The first-order valence-electron chi connectivity index (χ1n) is 5.05. The lowest BCUT2D eigenvalue weighted by atomic mass is 9.89. The lowest BCUT2D eigenvalue weighted by Gasteiger charge is -2.14. The highest BCUT2D eigenvalue weighted by Crippen LogP contribution is 2.29. The number of hydrogen-bond donors (Lipinski definition) is 2. The number of hydrazine groups is 1. The van der Waals surface area contributed by atoms with Gasteiger partial charge in [-0.2, -0.15) is 0 Å². The highest BCUT2D eigenvalue weighted by atomic mass is 19.1. The third kappa shape index (κ3) is 1.66. The van der Waals surface area contributed by atoms with Gasteiger partial charge in [-0.15, -0.1) is 0 Å². The lowest BCUT2D eigenvalue weighted by Crippen LogP contribution is -2.28. The number of rotatable bonds is 1. The fraction of sp³-hybridized carbons (Fsp3) is 0.250. The summed E-state index contributed by atoms with van der Waals surface area (Å²) in [5, 5.41) is 0. The molecule has 0 aliphatic carbocycles. The zero-order valence-electron chi connectivity index (χ0n) is 9.17. The molecule has 0 saturated carbocycles. The van der Waals surface area contributed by atoms with Crippen molar-refractivity contribution in [3.63, 3.8) is 0 Å². The highest BCUT2D eigenvalue weighted by molar-refractivity contribution is 5.89. The van der Waals surface area contributed by atoms with Crippen LogP contribution in [0.25, 0.3) is 6.08 Å². The summed E-state index contributed by atoms with van der Waals surface area (Å²) in [6.07, 6.45) is 1.65. The first kappa shape index (κ1) is 10.7. The summed E-state index contributed by atoms with van der Waals surface area (Å²) in [7, 11) is 0. The molecule has 1 amide bonds. The van der Waals surface area contributed by atoms with Crippen molar-refractivity contribution in [1.29, 1.82) is 0 Å². The van der Waals surface area contributed by atoms with Crippen LogP contribution >= 0.6 is 0 Å². The topological polar surface area (TPSA) is 41.1 Å². The van der Waals surface area contributed by atoms with Gasteiger partial charge >= 0.3 is 0 Å². The summed E-state index contributed by atoms with van der Waals surface area (Å²) in [6, 6.07) is 6.45. The van der Waals surface area contributed by atoms with E-state index in [-0.39, 0.29) is 11.7 Å². The Kier molecular flexibility index (Phi) is 2.42. The number of halogens is 1. The van der Waals surface area contributed by atoms with E-state index in [1.807, 2.05) is 0 Å². The van der Waals surface area contributed by atoms with Crippen LogP contribution in [0, 0.1) is 11.2 Å². The minimum absolute atomic E-state index is 0.116. The molecular formula is C12H13FN2O. The summed E-state index contributed by atoms with van der Waals surface area (Å²) >= 11 is 0. The number of hydrogen-bond acceptors (Lipinski definition) is 2. The lowest BCUT2D eigenvalue weighted by molar-refractivity contribution is -0.125. The zero-order valence-corrected chi connectivity index (χ0v) is 9.17. The van der Waals surface area contributed by atoms with Gasteiger partial charge in [0.05, 0.1) is 5.41 Å². The first-order valence-corrected chi connectivity index (χ1v) is 5.05. The van der Waals surface area contributed by atoms with Crippen LogP contribution in [0.2, 0.25) is 0 Å². The smallest absolute Gasteiger partial charge is 0.249 e. The second kappa shape index (κ2) is 3.63. The van der Waals surface area contributed by atoms with Crippen LogP contribution in [-0.4, -0.2) is 5.91 Å². The monoisotopic (exact) mass is 220 g/mol. The van der Waals surface area contributed by atoms with E-state index in [9.17, 15) is 9.18 Å². The molecule has 84 valence electrons. The fourth-order valence-corrected chi connectivity index (χ4v) is 1.52. The van der Waals surface area contributed by atoms with Crippen LogP contribution in [0.1, 0.15) is 19.4 Å². The van der Waals surface area contributed by atoms with Crippen molar-refractivity contribution in [2.75, 3.05) is 0 Å². The van der Waals surface area contributed by atoms with Gasteiger partial charge in [-0.05, 0) is 26.0 Å². The van der Waals surface area contributed by atoms with Crippen LogP contribution in [0.5, 0.6) is 0 Å². The van der Waals surface area contributed by atoms with Crippen LogP contribution in [0.3, 0.4) is 0 Å². The normalized spacial score (nSPS) is 20.7. The van der Waals surface area contributed by atoms with E-state index in [4.69, 9.17) is 0 Å². The summed E-state index contributed by atoms with van der Waals surface area (Å²) in [6.45, 7) is 3.57. The molecule has 16 heavy (non-hydrogen) atoms. The minimum atomic E-state index is -0.651. The van der Waals surface area contributed by atoms with E-state index >= 15 is 0 Å². The molecule has 0 unspecified atom stereocenters. The molecule has 0 spiro atoms. The molecule has 1 fully saturated rings. The molecular weight excluding hydrogens is 207 g/mol. The molecule has 1 aromatic rings. The van der Waals surface area contributed by atoms with Gasteiger partial charge in [0, 0.05) is 11.3 Å². The second-order valence-electron chi connectivity index (χ2n) is 4.28. The molecule has 0 aromatic heterocycles. The maximum Gasteiger partial charge on any atom is 0.249 e. The SMILES string of the molecule is CC1(C)C(=O)NN/C1=C\c1ccccc1F. The van der Waals surface area contributed by atoms with Crippen molar-refractivity contribution < 1.29 is 9.18 Å².